The third kappa shape index (κ3) is 2.09. The number of aromatic nitrogens is 3. The summed E-state index contributed by atoms with van der Waals surface area (Å²) in [7, 11) is 0. The van der Waals surface area contributed by atoms with E-state index < -0.39 is 0 Å². The van der Waals surface area contributed by atoms with E-state index in [9.17, 15) is 0 Å². The molecule has 1 aromatic carbocycles. The van der Waals surface area contributed by atoms with Crippen molar-refractivity contribution in [3.8, 4) is 5.69 Å². The molecule has 1 fully saturated rings. The Kier molecular flexibility index (Phi) is 2.98. The predicted octanol–water partition coefficient (Wildman–Crippen LogP) is 0.985. The first kappa shape index (κ1) is 11.2. The Morgan fingerprint density at radius 3 is 2.67 bits per heavy atom. The quantitative estimate of drug-likeness (QED) is 0.854. The average Bonchev–Trinajstić information content (AvgIpc) is 2.86. The third-order valence-corrected chi connectivity index (χ3v) is 3.27. The number of rotatable bonds is 2. The van der Waals surface area contributed by atoms with Crippen LogP contribution in [0.15, 0.2) is 30.6 Å². The molecule has 3 rings (SSSR count). The summed E-state index contributed by atoms with van der Waals surface area (Å²) in [5.41, 5.74) is 2.32. The summed E-state index contributed by atoms with van der Waals surface area (Å²) in [5, 5.41) is 7.61. The number of anilines is 1. The molecule has 1 N–H and O–H groups in total. The van der Waals surface area contributed by atoms with Crippen LogP contribution in [0.4, 0.5) is 5.69 Å². The predicted molar refractivity (Wildman–Crippen MR) is 71.2 cm³/mol. The molecule has 18 heavy (non-hydrogen) atoms. The summed E-state index contributed by atoms with van der Waals surface area (Å²) < 4.78 is 1.87. The summed E-state index contributed by atoms with van der Waals surface area (Å²) in [6.45, 7) is 6.17. The Bertz CT molecular complexity index is 528. The molecule has 0 amide bonds. The molecule has 0 atom stereocenters. The number of hydrogen-bond donors (Lipinski definition) is 1. The minimum Gasteiger partial charge on any atom is -0.369 e. The first-order valence-corrected chi connectivity index (χ1v) is 6.27. The lowest BCUT2D eigenvalue weighted by atomic mass is 10.2. The number of benzene rings is 1. The zero-order chi connectivity index (χ0) is 12.4. The second kappa shape index (κ2) is 4.78. The van der Waals surface area contributed by atoms with E-state index in [0.29, 0.717) is 0 Å². The highest BCUT2D eigenvalue weighted by Gasteiger charge is 2.11. The van der Waals surface area contributed by atoms with E-state index in [1.54, 1.807) is 6.33 Å². The fourth-order valence-corrected chi connectivity index (χ4v) is 2.30. The smallest absolute Gasteiger partial charge is 0.138 e. The van der Waals surface area contributed by atoms with Crippen LogP contribution in [0.1, 0.15) is 5.82 Å². The van der Waals surface area contributed by atoms with Crippen LogP contribution in [-0.4, -0.2) is 40.9 Å². The summed E-state index contributed by atoms with van der Waals surface area (Å²) in [4.78, 5) is 6.56. The maximum Gasteiger partial charge on any atom is 0.138 e. The van der Waals surface area contributed by atoms with Crippen molar-refractivity contribution in [3.05, 3.63) is 36.4 Å². The monoisotopic (exact) mass is 243 g/mol. The fourth-order valence-electron chi connectivity index (χ4n) is 2.30. The first-order valence-electron chi connectivity index (χ1n) is 6.27. The van der Waals surface area contributed by atoms with Gasteiger partial charge in [-0.1, -0.05) is 6.07 Å². The van der Waals surface area contributed by atoms with Crippen LogP contribution in [0.25, 0.3) is 5.69 Å². The van der Waals surface area contributed by atoms with Crippen LogP contribution < -0.4 is 10.2 Å². The van der Waals surface area contributed by atoms with Crippen molar-refractivity contribution in [2.24, 2.45) is 0 Å². The van der Waals surface area contributed by atoms with Crippen molar-refractivity contribution in [2.45, 2.75) is 6.92 Å². The van der Waals surface area contributed by atoms with Crippen molar-refractivity contribution in [3.63, 3.8) is 0 Å². The maximum absolute atomic E-state index is 4.25. The standard InChI is InChI=1S/C13H17N5/c1-11-15-10-16-18(11)13-4-2-3-12(9-13)17-7-5-14-6-8-17/h2-4,9-10,14H,5-8H2,1H3. The molecule has 1 saturated heterocycles. The molecule has 0 aliphatic carbocycles. The second-order valence-electron chi connectivity index (χ2n) is 4.48. The molecule has 0 radical (unpaired) electrons. The van der Waals surface area contributed by atoms with E-state index in [0.717, 1.165) is 37.7 Å². The lowest BCUT2D eigenvalue weighted by Crippen LogP contribution is -2.43. The van der Waals surface area contributed by atoms with Crippen molar-refractivity contribution in [1.82, 2.24) is 20.1 Å². The molecule has 94 valence electrons. The highest BCUT2D eigenvalue weighted by atomic mass is 15.3. The third-order valence-electron chi connectivity index (χ3n) is 3.27. The SMILES string of the molecule is Cc1ncnn1-c1cccc(N2CCNCC2)c1. The Morgan fingerprint density at radius 2 is 1.94 bits per heavy atom. The van der Waals surface area contributed by atoms with Crippen LogP contribution in [-0.2, 0) is 0 Å². The van der Waals surface area contributed by atoms with Gasteiger partial charge in [-0.2, -0.15) is 5.10 Å². The van der Waals surface area contributed by atoms with Crippen LogP contribution in [0, 0.1) is 6.92 Å². The van der Waals surface area contributed by atoms with Gasteiger partial charge < -0.3 is 10.2 Å². The van der Waals surface area contributed by atoms with Gasteiger partial charge in [-0.25, -0.2) is 9.67 Å². The van der Waals surface area contributed by atoms with Gasteiger partial charge in [-0.3, -0.25) is 0 Å². The molecule has 5 heteroatoms. The number of nitrogens with one attached hydrogen (secondary N) is 1. The Labute approximate surface area is 106 Å². The van der Waals surface area contributed by atoms with E-state index in [1.807, 2.05) is 11.6 Å². The van der Waals surface area contributed by atoms with E-state index in [-0.39, 0.29) is 0 Å². The van der Waals surface area contributed by atoms with Crippen LogP contribution in [0.5, 0.6) is 0 Å². The fraction of sp³-hybridized carbons (Fsp3) is 0.385. The minimum atomic E-state index is 0.910. The van der Waals surface area contributed by atoms with Crippen molar-refractivity contribution in [2.75, 3.05) is 31.1 Å². The number of aryl methyl sites for hydroxylation is 1. The zero-order valence-corrected chi connectivity index (χ0v) is 10.5. The summed E-state index contributed by atoms with van der Waals surface area (Å²) in [6.07, 6.45) is 1.59. The van der Waals surface area contributed by atoms with Gasteiger partial charge in [0.2, 0.25) is 0 Å². The molecule has 2 aromatic rings. The Morgan fingerprint density at radius 1 is 1.17 bits per heavy atom. The van der Waals surface area contributed by atoms with Crippen molar-refractivity contribution < 1.29 is 0 Å². The van der Waals surface area contributed by atoms with Gasteiger partial charge in [0, 0.05) is 31.9 Å². The first-order chi connectivity index (χ1) is 8.84. The zero-order valence-electron chi connectivity index (χ0n) is 10.5. The topological polar surface area (TPSA) is 46.0 Å². The van der Waals surface area contributed by atoms with Gasteiger partial charge in [0.25, 0.3) is 0 Å². The Hall–Kier alpha value is -1.88. The van der Waals surface area contributed by atoms with Crippen LogP contribution in [0.2, 0.25) is 0 Å². The van der Waals surface area contributed by atoms with Gasteiger partial charge in [0.05, 0.1) is 5.69 Å². The average molecular weight is 243 g/mol. The highest BCUT2D eigenvalue weighted by Crippen LogP contribution is 2.19. The molecule has 0 saturated carbocycles. The van der Waals surface area contributed by atoms with E-state index in [4.69, 9.17) is 0 Å². The van der Waals surface area contributed by atoms with Gasteiger partial charge in [0.15, 0.2) is 0 Å². The Balaban J connectivity index is 1.91. The van der Waals surface area contributed by atoms with Gasteiger partial charge >= 0.3 is 0 Å². The normalized spacial score (nSPS) is 15.9. The van der Waals surface area contributed by atoms with Gasteiger partial charge in [0.1, 0.15) is 12.2 Å². The molecule has 5 nitrogen and oxygen atoms in total. The van der Waals surface area contributed by atoms with E-state index in [1.165, 1.54) is 5.69 Å². The molecule has 0 spiro atoms. The van der Waals surface area contributed by atoms with Crippen molar-refractivity contribution >= 4 is 5.69 Å². The molecule has 0 unspecified atom stereocenters. The minimum absolute atomic E-state index is 0.910. The maximum atomic E-state index is 4.25. The lowest BCUT2D eigenvalue weighted by molar-refractivity contribution is 0.589. The van der Waals surface area contributed by atoms with Crippen LogP contribution >= 0.6 is 0 Å². The van der Waals surface area contributed by atoms with Crippen LogP contribution in [0.3, 0.4) is 0 Å². The van der Waals surface area contributed by atoms with Crippen molar-refractivity contribution in [1.29, 1.82) is 0 Å². The van der Waals surface area contributed by atoms with E-state index >= 15 is 0 Å². The summed E-state index contributed by atoms with van der Waals surface area (Å²) in [6, 6.07) is 8.47. The lowest BCUT2D eigenvalue weighted by Gasteiger charge is -2.29. The number of hydrogen-bond acceptors (Lipinski definition) is 4. The molecule has 1 aromatic heterocycles. The molecule has 1 aliphatic rings. The molecule has 2 heterocycles. The van der Waals surface area contributed by atoms with E-state index in [2.05, 4.69) is 44.6 Å². The van der Waals surface area contributed by atoms with Gasteiger partial charge in [-0.05, 0) is 25.1 Å². The summed E-state index contributed by atoms with van der Waals surface area (Å²) in [5.74, 6) is 0.910. The molecular weight excluding hydrogens is 226 g/mol. The molecule has 1 aliphatic heterocycles. The molecular formula is C13H17N5. The van der Waals surface area contributed by atoms with Gasteiger partial charge in [-0.15, -0.1) is 0 Å². The second-order valence-corrected chi connectivity index (χ2v) is 4.48. The largest absolute Gasteiger partial charge is 0.369 e. The molecule has 0 bridgehead atoms. The number of piperazine rings is 1. The number of nitrogens with zero attached hydrogens (tertiary/aromatic N) is 4. The highest BCUT2D eigenvalue weighted by molar-refractivity contribution is 5.53. The summed E-state index contributed by atoms with van der Waals surface area (Å²) >= 11 is 0.